The Labute approximate surface area is 202 Å². The minimum Gasteiger partial charge on any atom is -0.378 e. The Hall–Kier alpha value is -3.01. The number of carbonyl (C=O) groups excluding carboxylic acids is 1. The molecule has 7 nitrogen and oxygen atoms in total. The first-order valence-corrected chi connectivity index (χ1v) is 12.4. The summed E-state index contributed by atoms with van der Waals surface area (Å²) >= 11 is 3.37. The number of halogens is 1. The summed E-state index contributed by atoms with van der Waals surface area (Å²) < 4.78 is 28.5. The number of carbonyl (C=O) groups is 1. The maximum atomic E-state index is 13.2. The van der Waals surface area contributed by atoms with Crippen molar-refractivity contribution >= 4 is 43.8 Å². The molecule has 0 bridgehead atoms. The highest BCUT2D eigenvalue weighted by molar-refractivity contribution is 9.10. The largest absolute Gasteiger partial charge is 0.378 e. The number of sulfonamides is 1. The molecule has 0 aromatic heterocycles. The van der Waals surface area contributed by atoms with Gasteiger partial charge in [0.1, 0.15) is 0 Å². The van der Waals surface area contributed by atoms with E-state index in [-0.39, 0.29) is 18.0 Å². The maximum Gasteiger partial charge on any atom is 0.255 e. The van der Waals surface area contributed by atoms with Crippen molar-refractivity contribution in [3.63, 3.8) is 0 Å². The van der Waals surface area contributed by atoms with E-state index in [1.807, 2.05) is 67.5 Å². The Bertz CT molecular complexity index is 1200. The lowest BCUT2D eigenvalue weighted by Crippen LogP contribution is -2.39. The van der Waals surface area contributed by atoms with E-state index >= 15 is 0 Å². The van der Waals surface area contributed by atoms with Crippen LogP contribution in [0.4, 0.5) is 5.69 Å². The third kappa shape index (κ3) is 6.98. The van der Waals surface area contributed by atoms with Crippen LogP contribution in [-0.4, -0.2) is 45.5 Å². The Kier molecular flexibility index (Phi) is 8.37. The third-order valence-electron chi connectivity index (χ3n) is 4.79. The van der Waals surface area contributed by atoms with Crippen LogP contribution in [0, 0.1) is 0 Å². The van der Waals surface area contributed by atoms with Crippen LogP contribution in [0.1, 0.15) is 11.1 Å². The highest BCUT2D eigenvalue weighted by Gasteiger charge is 2.26. The molecule has 0 aliphatic heterocycles. The van der Waals surface area contributed by atoms with Gasteiger partial charge in [-0.05, 0) is 47.5 Å². The molecule has 0 aliphatic rings. The van der Waals surface area contributed by atoms with Crippen molar-refractivity contribution in [2.24, 2.45) is 5.10 Å². The lowest BCUT2D eigenvalue weighted by Gasteiger charge is -2.21. The molecule has 0 saturated heterocycles. The van der Waals surface area contributed by atoms with Gasteiger partial charge in [0.05, 0.1) is 17.7 Å². The van der Waals surface area contributed by atoms with E-state index in [1.54, 1.807) is 18.2 Å². The van der Waals surface area contributed by atoms with Crippen LogP contribution in [0.3, 0.4) is 0 Å². The molecule has 0 unspecified atom stereocenters. The van der Waals surface area contributed by atoms with Gasteiger partial charge in [0.2, 0.25) is 10.0 Å². The van der Waals surface area contributed by atoms with Crippen LogP contribution in [-0.2, 0) is 21.4 Å². The van der Waals surface area contributed by atoms with Crippen molar-refractivity contribution in [2.75, 3.05) is 25.5 Å². The fourth-order valence-electron chi connectivity index (χ4n) is 2.99. The number of hydrogen-bond donors (Lipinski definition) is 1. The van der Waals surface area contributed by atoms with Crippen LogP contribution in [0.15, 0.2) is 93.3 Å². The normalized spacial score (nSPS) is 11.6. The quantitative estimate of drug-likeness (QED) is 0.337. The van der Waals surface area contributed by atoms with Gasteiger partial charge >= 0.3 is 0 Å². The van der Waals surface area contributed by atoms with E-state index in [4.69, 9.17) is 0 Å². The molecule has 33 heavy (non-hydrogen) atoms. The van der Waals surface area contributed by atoms with Crippen LogP contribution >= 0.6 is 15.9 Å². The van der Waals surface area contributed by atoms with Crippen molar-refractivity contribution < 1.29 is 13.2 Å². The Morgan fingerprint density at radius 2 is 1.61 bits per heavy atom. The van der Waals surface area contributed by atoms with Crippen molar-refractivity contribution in [1.82, 2.24) is 9.73 Å². The second-order valence-corrected chi connectivity index (χ2v) is 10.3. The molecule has 1 N–H and O–H groups in total. The van der Waals surface area contributed by atoms with Gasteiger partial charge in [0.15, 0.2) is 0 Å². The van der Waals surface area contributed by atoms with Gasteiger partial charge < -0.3 is 4.90 Å². The van der Waals surface area contributed by atoms with Crippen LogP contribution < -0.4 is 10.3 Å². The lowest BCUT2D eigenvalue weighted by molar-refractivity contribution is -0.121. The molecule has 0 atom stereocenters. The van der Waals surface area contributed by atoms with Gasteiger partial charge in [0, 0.05) is 30.8 Å². The van der Waals surface area contributed by atoms with Gasteiger partial charge in [-0.1, -0.05) is 58.4 Å². The van der Waals surface area contributed by atoms with E-state index in [0.717, 1.165) is 25.6 Å². The Balaban J connectivity index is 1.73. The molecule has 9 heteroatoms. The average molecular weight is 529 g/mol. The minimum atomic E-state index is -3.89. The molecule has 0 aliphatic carbocycles. The Morgan fingerprint density at radius 3 is 2.21 bits per heavy atom. The highest BCUT2D eigenvalue weighted by atomic mass is 79.9. The summed E-state index contributed by atoms with van der Waals surface area (Å²) in [6, 6.07) is 23.0. The molecule has 0 heterocycles. The van der Waals surface area contributed by atoms with Crippen molar-refractivity contribution in [2.45, 2.75) is 11.4 Å². The Morgan fingerprint density at radius 1 is 0.970 bits per heavy atom. The number of amides is 1. The molecule has 0 radical (unpaired) electrons. The molecular formula is C24H25BrN4O3S. The van der Waals surface area contributed by atoms with Crippen molar-refractivity contribution in [3.8, 4) is 0 Å². The van der Waals surface area contributed by atoms with Crippen LogP contribution in [0.25, 0.3) is 0 Å². The number of rotatable bonds is 9. The summed E-state index contributed by atoms with van der Waals surface area (Å²) in [6.07, 6.45) is 1.52. The molecule has 3 rings (SSSR count). The molecule has 3 aromatic carbocycles. The molecule has 1 amide bonds. The van der Waals surface area contributed by atoms with Crippen molar-refractivity contribution in [3.05, 3.63) is 94.5 Å². The topological polar surface area (TPSA) is 82.1 Å². The molecule has 0 spiro atoms. The molecule has 0 fully saturated rings. The van der Waals surface area contributed by atoms with Gasteiger partial charge in [-0.15, -0.1) is 0 Å². The zero-order chi connectivity index (χ0) is 23.8. The van der Waals surface area contributed by atoms with Gasteiger partial charge in [-0.25, -0.2) is 13.8 Å². The minimum absolute atomic E-state index is 0.0492. The van der Waals surface area contributed by atoms with E-state index in [0.29, 0.717) is 0 Å². The summed E-state index contributed by atoms with van der Waals surface area (Å²) in [7, 11) is 0.0121. The van der Waals surface area contributed by atoms with Crippen molar-refractivity contribution in [1.29, 1.82) is 0 Å². The first-order chi connectivity index (χ1) is 15.8. The zero-order valence-corrected chi connectivity index (χ0v) is 20.8. The summed E-state index contributed by atoms with van der Waals surface area (Å²) in [6.45, 7) is -0.322. The molecular weight excluding hydrogens is 504 g/mol. The number of nitrogens with zero attached hydrogens (tertiary/aromatic N) is 3. The third-order valence-corrected chi connectivity index (χ3v) is 7.12. The summed E-state index contributed by atoms with van der Waals surface area (Å²) in [4.78, 5) is 14.7. The predicted octanol–water partition coefficient (Wildman–Crippen LogP) is 3.86. The highest BCUT2D eigenvalue weighted by Crippen LogP contribution is 2.19. The summed E-state index contributed by atoms with van der Waals surface area (Å²) in [5.41, 5.74) is 5.04. The maximum absolute atomic E-state index is 13.2. The number of benzene rings is 3. The second kappa shape index (κ2) is 11.2. The summed E-state index contributed by atoms with van der Waals surface area (Å²) in [5, 5.41) is 3.98. The van der Waals surface area contributed by atoms with Crippen LogP contribution in [0.5, 0.6) is 0 Å². The molecule has 0 saturated carbocycles. The lowest BCUT2D eigenvalue weighted by atomic mass is 10.2. The first-order valence-electron chi connectivity index (χ1n) is 10.1. The van der Waals surface area contributed by atoms with E-state index in [9.17, 15) is 13.2 Å². The van der Waals surface area contributed by atoms with Crippen LogP contribution in [0.2, 0.25) is 0 Å². The SMILES string of the molecule is CN(C)c1ccc(/C=N\NC(=O)CN(Cc2ccc(Br)cc2)S(=O)(=O)c2ccccc2)cc1. The first kappa shape index (κ1) is 24.6. The number of hydrogen-bond acceptors (Lipinski definition) is 5. The fraction of sp³-hybridized carbons (Fsp3) is 0.167. The van der Waals surface area contributed by atoms with E-state index < -0.39 is 15.9 Å². The zero-order valence-electron chi connectivity index (χ0n) is 18.3. The average Bonchev–Trinajstić information content (AvgIpc) is 2.81. The van der Waals surface area contributed by atoms with E-state index in [2.05, 4.69) is 26.5 Å². The molecule has 172 valence electrons. The van der Waals surface area contributed by atoms with Gasteiger partial charge in [-0.3, -0.25) is 4.79 Å². The standard InChI is InChI=1S/C24H25BrN4O3S/c1-28(2)22-14-10-19(11-15-22)16-26-27-24(30)18-29(17-20-8-12-21(25)13-9-20)33(31,32)23-6-4-3-5-7-23/h3-16H,17-18H2,1-2H3,(H,27,30)/b26-16-. The number of hydrazone groups is 1. The number of nitrogens with one attached hydrogen (secondary N) is 1. The number of anilines is 1. The van der Waals surface area contributed by atoms with Gasteiger partial charge in [0.25, 0.3) is 5.91 Å². The molecule has 3 aromatic rings. The predicted molar refractivity (Wildman–Crippen MR) is 135 cm³/mol. The second-order valence-electron chi connectivity index (χ2n) is 7.49. The monoisotopic (exact) mass is 528 g/mol. The van der Waals surface area contributed by atoms with E-state index in [1.165, 1.54) is 18.3 Å². The summed E-state index contributed by atoms with van der Waals surface area (Å²) in [5.74, 6) is -0.534. The fourth-order valence-corrected chi connectivity index (χ4v) is 4.66. The van der Waals surface area contributed by atoms with Gasteiger partial charge in [-0.2, -0.15) is 9.41 Å². The smallest absolute Gasteiger partial charge is 0.255 e.